The number of aryl methyl sites for hydroxylation is 2. The van der Waals surface area contributed by atoms with Gasteiger partial charge in [-0.15, -0.1) is 0 Å². The van der Waals surface area contributed by atoms with E-state index < -0.39 is 23.6 Å². The molecule has 1 amide bonds. The van der Waals surface area contributed by atoms with Gasteiger partial charge in [-0.3, -0.25) is 4.79 Å². The first-order chi connectivity index (χ1) is 14.8. The maximum atomic E-state index is 13.6. The molecule has 1 aromatic carbocycles. The molecule has 4 rings (SSSR count). The Balaban J connectivity index is 1.74. The summed E-state index contributed by atoms with van der Waals surface area (Å²) in [6.45, 7) is 5.27. The average Bonchev–Trinajstić information content (AvgIpc) is 3.08. The van der Waals surface area contributed by atoms with E-state index in [-0.39, 0.29) is 5.95 Å². The summed E-state index contributed by atoms with van der Waals surface area (Å²) >= 11 is 0. The Kier molecular flexibility index (Phi) is 5.51. The first-order valence-corrected chi connectivity index (χ1v) is 9.72. The van der Waals surface area contributed by atoms with Crippen LogP contribution in [0.5, 0.6) is 0 Å². The molecule has 2 aromatic heterocycles. The van der Waals surface area contributed by atoms with E-state index in [1.54, 1.807) is 10.7 Å². The number of carbonyl (C=O) groups is 1. The van der Waals surface area contributed by atoms with E-state index >= 15 is 0 Å². The number of halogens is 2. The number of piperazine rings is 1. The van der Waals surface area contributed by atoms with Crippen molar-refractivity contribution in [2.75, 3.05) is 29.9 Å². The quantitative estimate of drug-likeness (QED) is 0.565. The average molecular weight is 428 g/mol. The summed E-state index contributed by atoms with van der Waals surface area (Å²) in [5, 5.41) is 10.5. The number of nitrogens with zero attached hydrogens (tertiary/aromatic N) is 5. The van der Waals surface area contributed by atoms with Crippen LogP contribution in [-0.2, 0) is 4.79 Å². The van der Waals surface area contributed by atoms with E-state index in [0.29, 0.717) is 37.0 Å². The van der Waals surface area contributed by atoms with Crippen molar-refractivity contribution < 1.29 is 13.6 Å². The van der Waals surface area contributed by atoms with Gasteiger partial charge < -0.3 is 21.3 Å². The maximum absolute atomic E-state index is 13.6. The molecule has 3 aromatic rings. The summed E-state index contributed by atoms with van der Waals surface area (Å²) < 4.78 is 28.6. The van der Waals surface area contributed by atoms with Crippen LogP contribution in [0.4, 0.5) is 26.2 Å². The second-order valence-electron chi connectivity index (χ2n) is 7.36. The van der Waals surface area contributed by atoms with Gasteiger partial charge in [0, 0.05) is 43.1 Å². The molecule has 162 valence electrons. The third-order valence-corrected chi connectivity index (χ3v) is 4.94. The summed E-state index contributed by atoms with van der Waals surface area (Å²) in [5.41, 5.74) is 7.45. The fourth-order valence-corrected chi connectivity index (χ4v) is 3.46. The Labute approximate surface area is 177 Å². The van der Waals surface area contributed by atoms with Gasteiger partial charge in [-0.25, -0.2) is 13.5 Å². The molecule has 0 saturated carbocycles. The second kappa shape index (κ2) is 8.26. The maximum Gasteiger partial charge on any atom is 0.236 e. The van der Waals surface area contributed by atoms with Crippen LogP contribution < -0.4 is 21.3 Å². The number of hydrogen-bond donors (Lipinski definition) is 3. The number of nitrogens with two attached hydrogens (primary N) is 1. The van der Waals surface area contributed by atoms with Crippen molar-refractivity contribution in [1.82, 2.24) is 25.1 Å². The van der Waals surface area contributed by atoms with Crippen molar-refractivity contribution in [1.29, 1.82) is 0 Å². The summed E-state index contributed by atoms with van der Waals surface area (Å²) in [6, 6.07) is 6.62. The van der Waals surface area contributed by atoms with Crippen LogP contribution in [0.25, 0.3) is 5.82 Å². The third-order valence-electron chi connectivity index (χ3n) is 4.94. The number of amides is 1. The lowest BCUT2D eigenvalue weighted by Gasteiger charge is -2.33. The van der Waals surface area contributed by atoms with E-state index in [9.17, 15) is 13.6 Å². The van der Waals surface area contributed by atoms with Crippen LogP contribution in [0, 0.1) is 25.5 Å². The minimum absolute atomic E-state index is 0.181. The summed E-state index contributed by atoms with van der Waals surface area (Å²) in [7, 11) is 0. The Morgan fingerprint density at radius 1 is 1.16 bits per heavy atom. The fourth-order valence-electron chi connectivity index (χ4n) is 3.46. The molecule has 1 saturated heterocycles. The number of primary amides is 1. The zero-order chi connectivity index (χ0) is 22.1. The molecule has 1 atom stereocenters. The standard InChI is InChI=1S/C20H22F2N8O/c1-11-7-12(2)30(28-11)18-9-17(29-6-5-24-16(10-29)19(23)31)26-20(27-18)25-13-3-4-14(21)15(22)8-13/h3-4,7-9,16,24H,5-6,10H2,1-2H3,(H2,23,31)(H,25,26,27). The van der Waals surface area contributed by atoms with Gasteiger partial charge >= 0.3 is 0 Å². The molecule has 4 N–H and O–H groups in total. The van der Waals surface area contributed by atoms with E-state index in [1.165, 1.54) is 6.07 Å². The number of benzene rings is 1. The van der Waals surface area contributed by atoms with Gasteiger partial charge in [0.2, 0.25) is 11.9 Å². The Morgan fingerprint density at radius 2 is 1.94 bits per heavy atom. The van der Waals surface area contributed by atoms with Crippen molar-refractivity contribution in [3.63, 3.8) is 0 Å². The molecule has 1 aliphatic heterocycles. The first-order valence-electron chi connectivity index (χ1n) is 9.72. The number of aromatic nitrogens is 4. The molecule has 0 bridgehead atoms. The van der Waals surface area contributed by atoms with Crippen LogP contribution >= 0.6 is 0 Å². The van der Waals surface area contributed by atoms with Gasteiger partial charge in [0.1, 0.15) is 11.9 Å². The lowest BCUT2D eigenvalue weighted by atomic mass is 10.2. The highest BCUT2D eigenvalue weighted by Gasteiger charge is 2.25. The summed E-state index contributed by atoms with van der Waals surface area (Å²) in [6.07, 6.45) is 0. The largest absolute Gasteiger partial charge is 0.368 e. The lowest BCUT2D eigenvalue weighted by molar-refractivity contribution is -0.120. The van der Waals surface area contributed by atoms with Gasteiger partial charge in [0.15, 0.2) is 17.5 Å². The molecular weight excluding hydrogens is 406 g/mol. The third kappa shape index (κ3) is 4.45. The number of anilines is 3. The minimum Gasteiger partial charge on any atom is -0.368 e. The van der Waals surface area contributed by atoms with Gasteiger partial charge in [-0.1, -0.05) is 0 Å². The highest BCUT2D eigenvalue weighted by atomic mass is 19.2. The van der Waals surface area contributed by atoms with Gasteiger partial charge in [-0.05, 0) is 32.0 Å². The molecule has 0 aliphatic carbocycles. The molecule has 31 heavy (non-hydrogen) atoms. The molecule has 1 fully saturated rings. The normalized spacial score (nSPS) is 16.4. The van der Waals surface area contributed by atoms with Crippen molar-refractivity contribution in [3.05, 3.63) is 53.4 Å². The monoisotopic (exact) mass is 428 g/mol. The van der Waals surface area contributed by atoms with Gasteiger partial charge in [-0.2, -0.15) is 15.1 Å². The second-order valence-corrected chi connectivity index (χ2v) is 7.36. The molecule has 0 spiro atoms. The van der Waals surface area contributed by atoms with Crippen LogP contribution in [0.1, 0.15) is 11.4 Å². The molecule has 9 nitrogen and oxygen atoms in total. The van der Waals surface area contributed by atoms with Gasteiger partial charge in [0.05, 0.1) is 5.69 Å². The van der Waals surface area contributed by atoms with Crippen LogP contribution in [0.15, 0.2) is 30.3 Å². The van der Waals surface area contributed by atoms with E-state index in [2.05, 4.69) is 25.7 Å². The van der Waals surface area contributed by atoms with E-state index in [1.807, 2.05) is 24.8 Å². The molecule has 1 aliphatic rings. The smallest absolute Gasteiger partial charge is 0.236 e. The number of carbonyl (C=O) groups excluding carboxylic acids is 1. The van der Waals surface area contributed by atoms with Crippen LogP contribution in [0.2, 0.25) is 0 Å². The summed E-state index contributed by atoms with van der Waals surface area (Å²) in [5.74, 6) is -1.14. The lowest BCUT2D eigenvalue weighted by Crippen LogP contribution is -2.56. The zero-order valence-corrected chi connectivity index (χ0v) is 17.1. The Hall–Kier alpha value is -3.60. The first kappa shape index (κ1) is 20.7. The predicted molar refractivity (Wildman–Crippen MR) is 111 cm³/mol. The Bertz CT molecular complexity index is 1130. The SMILES string of the molecule is Cc1cc(C)n(-c2cc(N3CCNC(C(N)=O)C3)nc(Nc3ccc(F)c(F)c3)n2)n1. The topological polar surface area (TPSA) is 114 Å². The highest BCUT2D eigenvalue weighted by Crippen LogP contribution is 2.23. The number of nitrogens with one attached hydrogen (secondary N) is 2. The predicted octanol–water partition coefficient (Wildman–Crippen LogP) is 1.56. The number of hydrogen-bond acceptors (Lipinski definition) is 7. The van der Waals surface area contributed by atoms with Gasteiger partial charge in [0.25, 0.3) is 0 Å². The summed E-state index contributed by atoms with van der Waals surface area (Å²) in [4.78, 5) is 22.6. The zero-order valence-electron chi connectivity index (χ0n) is 17.1. The van der Waals surface area contributed by atoms with Crippen molar-refractivity contribution >= 4 is 23.4 Å². The van der Waals surface area contributed by atoms with Crippen molar-refractivity contribution in [3.8, 4) is 5.82 Å². The molecule has 0 radical (unpaired) electrons. The molecule has 11 heteroatoms. The molecule has 1 unspecified atom stereocenters. The van der Waals surface area contributed by atoms with E-state index in [4.69, 9.17) is 5.73 Å². The molecule has 3 heterocycles. The highest BCUT2D eigenvalue weighted by molar-refractivity contribution is 5.81. The van der Waals surface area contributed by atoms with Crippen molar-refractivity contribution in [2.45, 2.75) is 19.9 Å². The number of rotatable bonds is 5. The molecular formula is C20H22F2N8O. The van der Waals surface area contributed by atoms with E-state index in [0.717, 1.165) is 23.5 Å². The van der Waals surface area contributed by atoms with Crippen LogP contribution in [0.3, 0.4) is 0 Å². The van der Waals surface area contributed by atoms with Crippen LogP contribution in [-0.4, -0.2) is 51.3 Å². The Morgan fingerprint density at radius 3 is 2.61 bits per heavy atom. The minimum atomic E-state index is -0.980. The fraction of sp³-hybridized carbons (Fsp3) is 0.300. The van der Waals surface area contributed by atoms with Crippen molar-refractivity contribution in [2.24, 2.45) is 5.73 Å².